The number of rotatable bonds is 3. The molecule has 2 aromatic rings. The van der Waals surface area contributed by atoms with Gasteiger partial charge in [0.2, 0.25) is 5.91 Å². The molecule has 1 fully saturated rings. The number of hydrogen-bond acceptors (Lipinski definition) is 1. The summed E-state index contributed by atoms with van der Waals surface area (Å²) in [5, 5.41) is 0. The molecule has 2 aromatic carbocycles. The maximum absolute atomic E-state index is 13.4. The van der Waals surface area contributed by atoms with Crippen LogP contribution in [0, 0.1) is 5.92 Å². The van der Waals surface area contributed by atoms with Crippen LogP contribution < -0.4 is 4.90 Å². The Morgan fingerprint density at radius 3 is 2.52 bits per heavy atom. The van der Waals surface area contributed by atoms with E-state index in [4.69, 9.17) is 23.2 Å². The monoisotopic (exact) mass is 345 g/mol. The third-order valence-corrected chi connectivity index (χ3v) is 5.54. The third-order valence-electron chi connectivity index (χ3n) is 5.24. The molecule has 0 unspecified atom stereocenters. The van der Waals surface area contributed by atoms with Crippen LogP contribution in [0.2, 0.25) is 0 Å². The molecule has 2 nitrogen and oxygen atoms in total. The van der Waals surface area contributed by atoms with Crippen LogP contribution in [-0.4, -0.2) is 17.3 Å². The van der Waals surface area contributed by atoms with Gasteiger partial charge in [-0.3, -0.25) is 4.79 Å². The first-order chi connectivity index (χ1) is 11.1. The molecule has 2 aliphatic rings. The van der Waals surface area contributed by atoms with Gasteiger partial charge in [-0.05, 0) is 42.0 Å². The lowest BCUT2D eigenvalue weighted by molar-refractivity contribution is -0.122. The van der Waals surface area contributed by atoms with Crippen molar-refractivity contribution in [1.29, 1.82) is 0 Å². The molecule has 0 N–H and O–H groups in total. The van der Waals surface area contributed by atoms with E-state index in [1.54, 1.807) is 0 Å². The molecule has 0 bridgehead atoms. The van der Waals surface area contributed by atoms with E-state index in [0.717, 1.165) is 24.2 Å². The Kier molecular flexibility index (Phi) is 3.62. The maximum Gasteiger partial charge on any atom is 0.238 e. The second kappa shape index (κ2) is 5.54. The molecule has 1 heterocycles. The normalized spacial score (nSPS) is 25.8. The van der Waals surface area contributed by atoms with Gasteiger partial charge in [-0.25, -0.2) is 0 Å². The zero-order valence-electron chi connectivity index (χ0n) is 12.6. The summed E-state index contributed by atoms with van der Waals surface area (Å²) < 4.78 is 0. The average Bonchev–Trinajstić information content (AvgIpc) is 3.00. The van der Waals surface area contributed by atoms with Gasteiger partial charge in [-0.1, -0.05) is 42.5 Å². The topological polar surface area (TPSA) is 20.3 Å². The number of fused-ring (bicyclic) bond motifs is 3. The Morgan fingerprint density at radius 1 is 1.09 bits per heavy atom. The first-order valence-corrected chi connectivity index (χ1v) is 8.74. The molecule has 0 aromatic heterocycles. The molecule has 23 heavy (non-hydrogen) atoms. The summed E-state index contributed by atoms with van der Waals surface area (Å²) in [7, 11) is 0. The van der Waals surface area contributed by atoms with Gasteiger partial charge in [0.15, 0.2) is 0 Å². The van der Waals surface area contributed by atoms with Crippen molar-refractivity contribution in [3.8, 4) is 0 Å². The van der Waals surface area contributed by atoms with Crippen LogP contribution in [-0.2, 0) is 16.6 Å². The van der Waals surface area contributed by atoms with E-state index in [-0.39, 0.29) is 11.8 Å². The van der Waals surface area contributed by atoms with E-state index in [2.05, 4.69) is 12.1 Å². The van der Waals surface area contributed by atoms with Gasteiger partial charge in [-0.15, -0.1) is 23.2 Å². The van der Waals surface area contributed by atoms with Gasteiger partial charge in [0.05, 0.1) is 5.41 Å². The molecular formula is C19H17Cl2NO. The minimum atomic E-state index is -0.583. The second-order valence-electron chi connectivity index (χ2n) is 6.38. The predicted octanol–water partition coefficient (Wildman–Crippen LogP) is 4.34. The highest BCUT2D eigenvalue weighted by molar-refractivity contribution is 6.44. The standard InChI is InChI=1S/C19H17Cl2NO/c20-17(21)11-19-14(10-13-6-4-5-9-16(13)19)12-22(18(19)23)15-7-2-1-3-8-15/h1-9,14,17H,10-12H2/t14-,19-/m1/s1. The van der Waals surface area contributed by atoms with E-state index < -0.39 is 10.3 Å². The molecule has 118 valence electrons. The van der Waals surface area contributed by atoms with Crippen molar-refractivity contribution in [2.75, 3.05) is 11.4 Å². The number of halogens is 2. The van der Waals surface area contributed by atoms with Crippen LogP contribution in [0.4, 0.5) is 5.69 Å². The molecule has 2 atom stereocenters. The summed E-state index contributed by atoms with van der Waals surface area (Å²) >= 11 is 12.3. The minimum Gasteiger partial charge on any atom is -0.311 e. The summed E-state index contributed by atoms with van der Waals surface area (Å²) in [6, 6.07) is 18.1. The average molecular weight is 346 g/mol. The SMILES string of the molecule is O=C1N(c2ccccc2)C[C@H]2Cc3ccccc3[C@]12CC(Cl)Cl. The van der Waals surface area contributed by atoms with E-state index >= 15 is 0 Å². The van der Waals surface area contributed by atoms with Crippen LogP contribution in [0.3, 0.4) is 0 Å². The fourth-order valence-electron chi connectivity index (χ4n) is 4.29. The van der Waals surface area contributed by atoms with E-state index in [9.17, 15) is 4.79 Å². The fraction of sp³-hybridized carbons (Fsp3) is 0.316. The van der Waals surface area contributed by atoms with Crippen molar-refractivity contribution >= 4 is 34.8 Å². The van der Waals surface area contributed by atoms with Crippen LogP contribution in [0.15, 0.2) is 54.6 Å². The van der Waals surface area contributed by atoms with Crippen molar-refractivity contribution in [3.05, 3.63) is 65.7 Å². The Bertz CT molecular complexity index is 746. The second-order valence-corrected chi connectivity index (χ2v) is 7.65. The highest BCUT2D eigenvalue weighted by Gasteiger charge is 2.59. The van der Waals surface area contributed by atoms with E-state index in [1.165, 1.54) is 5.56 Å². The van der Waals surface area contributed by atoms with Crippen molar-refractivity contribution < 1.29 is 4.79 Å². The minimum absolute atomic E-state index is 0.130. The van der Waals surface area contributed by atoms with Gasteiger partial charge in [0, 0.05) is 12.2 Å². The first kappa shape index (κ1) is 15.0. The van der Waals surface area contributed by atoms with Gasteiger partial charge >= 0.3 is 0 Å². The zero-order valence-corrected chi connectivity index (χ0v) is 14.1. The highest BCUT2D eigenvalue weighted by atomic mass is 35.5. The number of amides is 1. The van der Waals surface area contributed by atoms with Crippen molar-refractivity contribution in [2.45, 2.75) is 23.1 Å². The summed E-state index contributed by atoms with van der Waals surface area (Å²) in [4.78, 5) is 14.8. The largest absolute Gasteiger partial charge is 0.311 e. The molecule has 0 saturated carbocycles. The predicted molar refractivity (Wildman–Crippen MR) is 94.2 cm³/mol. The number of nitrogens with zero attached hydrogens (tertiary/aromatic N) is 1. The number of hydrogen-bond donors (Lipinski definition) is 0. The van der Waals surface area contributed by atoms with Crippen molar-refractivity contribution in [2.24, 2.45) is 5.92 Å². The number of para-hydroxylation sites is 1. The lowest BCUT2D eigenvalue weighted by Crippen LogP contribution is -2.40. The molecular weight excluding hydrogens is 329 g/mol. The first-order valence-electron chi connectivity index (χ1n) is 7.86. The number of alkyl halides is 2. The zero-order chi connectivity index (χ0) is 16.0. The number of anilines is 1. The van der Waals surface area contributed by atoms with Gasteiger partial charge in [0.1, 0.15) is 4.84 Å². The number of carbonyl (C=O) groups excluding carboxylic acids is 1. The third kappa shape index (κ3) is 2.20. The quantitative estimate of drug-likeness (QED) is 0.758. The summed E-state index contributed by atoms with van der Waals surface area (Å²) in [6.07, 6.45) is 1.38. The smallest absolute Gasteiger partial charge is 0.238 e. The number of benzene rings is 2. The van der Waals surface area contributed by atoms with E-state index in [0.29, 0.717) is 6.42 Å². The summed E-state index contributed by atoms with van der Waals surface area (Å²) in [5.74, 6) is 0.359. The van der Waals surface area contributed by atoms with Gasteiger partial charge < -0.3 is 4.90 Å². The van der Waals surface area contributed by atoms with Gasteiger partial charge in [0.25, 0.3) is 0 Å². The van der Waals surface area contributed by atoms with Crippen molar-refractivity contribution in [1.82, 2.24) is 0 Å². The Balaban J connectivity index is 1.82. The molecule has 1 saturated heterocycles. The highest BCUT2D eigenvalue weighted by Crippen LogP contribution is 2.53. The molecule has 0 spiro atoms. The van der Waals surface area contributed by atoms with E-state index in [1.807, 2.05) is 47.4 Å². The molecule has 4 heteroatoms. The van der Waals surface area contributed by atoms with Crippen LogP contribution in [0.5, 0.6) is 0 Å². The number of carbonyl (C=O) groups is 1. The maximum atomic E-state index is 13.4. The molecule has 1 aliphatic carbocycles. The molecule has 4 rings (SSSR count). The summed E-state index contributed by atoms with van der Waals surface area (Å²) in [6.45, 7) is 0.720. The summed E-state index contributed by atoms with van der Waals surface area (Å²) in [5.41, 5.74) is 2.73. The van der Waals surface area contributed by atoms with Crippen molar-refractivity contribution in [3.63, 3.8) is 0 Å². The molecule has 0 radical (unpaired) electrons. The lowest BCUT2D eigenvalue weighted by atomic mass is 9.74. The van der Waals surface area contributed by atoms with Crippen LogP contribution in [0.1, 0.15) is 17.5 Å². The Labute approximate surface area is 146 Å². The molecule has 1 amide bonds. The van der Waals surface area contributed by atoms with Crippen LogP contribution >= 0.6 is 23.2 Å². The fourth-order valence-corrected chi connectivity index (χ4v) is 4.77. The Hall–Kier alpha value is -1.51. The lowest BCUT2D eigenvalue weighted by Gasteiger charge is -2.29. The van der Waals surface area contributed by atoms with Crippen LogP contribution in [0.25, 0.3) is 0 Å². The molecule has 1 aliphatic heterocycles. The van der Waals surface area contributed by atoms with Gasteiger partial charge in [-0.2, -0.15) is 0 Å². The Morgan fingerprint density at radius 2 is 1.78 bits per heavy atom.